The van der Waals surface area contributed by atoms with Gasteiger partial charge in [-0.05, 0) is 41.2 Å². The molecule has 0 saturated carbocycles. The molecule has 0 saturated heterocycles. The summed E-state index contributed by atoms with van der Waals surface area (Å²) in [5, 5.41) is 4.84. The highest BCUT2D eigenvalue weighted by molar-refractivity contribution is 6.30. The normalized spacial score (nSPS) is 14.7. The molecule has 0 N–H and O–H groups in total. The van der Waals surface area contributed by atoms with Gasteiger partial charge in [0.25, 0.3) is 0 Å². The fourth-order valence-corrected chi connectivity index (χ4v) is 2.84. The molecular formula is C20H23BCl2FNO3. The summed E-state index contributed by atoms with van der Waals surface area (Å²) >= 11 is 11.8. The van der Waals surface area contributed by atoms with E-state index in [2.05, 4.69) is 9.99 Å². The third-order valence-electron chi connectivity index (χ3n) is 4.10. The maximum absolute atomic E-state index is 14.6. The van der Waals surface area contributed by atoms with E-state index >= 15 is 0 Å². The largest absolute Gasteiger partial charge is 0.399 e. The van der Waals surface area contributed by atoms with E-state index in [4.69, 9.17) is 32.7 Å². The van der Waals surface area contributed by atoms with Crippen molar-refractivity contribution < 1.29 is 18.7 Å². The Hall–Kier alpha value is -1.60. The predicted octanol–water partition coefficient (Wildman–Crippen LogP) is 4.49. The molecule has 0 radical (unpaired) electrons. The minimum Gasteiger partial charge on any atom is -0.399 e. The molecule has 8 heteroatoms. The molecule has 0 aliphatic carbocycles. The average molecular weight is 426 g/mol. The molecule has 0 unspecified atom stereocenters. The SMILES string of the molecule is B[C@@H](COCc1ccc(Cl)cc1)[C@@H](OCc1ccc(Cl)cc1)[C@H](F)/C=N\OC. The number of nitrogens with zero attached hydrogens (tertiary/aromatic N) is 1. The third-order valence-corrected chi connectivity index (χ3v) is 4.61. The molecule has 0 fully saturated rings. The van der Waals surface area contributed by atoms with Crippen LogP contribution >= 0.6 is 23.2 Å². The maximum Gasteiger partial charge on any atom is 0.164 e. The Morgan fingerprint density at radius 3 is 2.07 bits per heavy atom. The molecule has 2 aromatic rings. The van der Waals surface area contributed by atoms with Crippen molar-refractivity contribution in [2.45, 2.75) is 31.3 Å². The van der Waals surface area contributed by atoms with Crippen molar-refractivity contribution in [3.05, 3.63) is 69.7 Å². The molecule has 0 aliphatic heterocycles. The Bertz CT molecular complexity index is 731. The Balaban J connectivity index is 1.93. The molecule has 2 rings (SSSR count). The molecule has 150 valence electrons. The molecule has 2 aromatic carbocycles. The zero-order valence-corrected chi connectivity index (χ0v) is 17.4. The van der Waals surface area contributed by atoms with Crippen LogP contribution in [-0.4, -0.2) is 40.1 Å². The monoisotopic (exact) mass is 425 g/mol. The van der Waals surface area contributed by atoms with Crippen LogP contribution in [0.25, 0.3) is 0 Å². The van der Waals surface area contributed by atoms with Crippen LogP contribution in [0.1, 0.15) is 11.1 Å². The van der Waals surface area contributed by atoms with Crippen molar-refractivity contribution in [3.63, 3.8) is 0 Å². The molecule has 0 aliphatic rings. The predicted molar refractivity (Wildman–Crippen MR) is 114 cm³/mol. The first-order valence-corrected chi connectivity index (χ1v) is 9.64. The fraction of sp³-hybridized carbons (Fsp3) is 0.350. The Morgan fingerprint density at radius 1 is 1.00 bits per heavy atom. The summed E-state index contributed by atoms with van der Waals surface area (Å²) in [5.41, 5.74) is 1.90. The number of hydrogen-bond donors (Lipinski definition) is 0. The van der Waals surface area contributed by atoms with Gasteiger partial charge in [-0.3, -0.25) is 0 Å². The number of alkyl halides is 1. The Labute approximate surface area is 176 Å². The minimum atomic E-state index is -1.43. The highest BCUT2D eigenvalue weighted by atomic mass is 35.5. The lowest BCUT2D eigenvalue weighted by Crippen LogP contribution is -2.34. The van der Waals surface area contributed by atoms with Crippen molar-refractivity contribution in [2.75, 3.05) is 13.7 Å². The van der Waals surface area contributed by atoms with Crippen LogP contribution < -0.4 is 0 Å². The van der Waals surface area contributed by atoms with Crippen LogP contribution in [-0.2, 0) is 27.5 Å². The lowest BCUT2D eigenvalue weighted by atomic mass is 9.81. The van der Waals surface area contributed by atoms with Crippen LogP contribution in [0.3, 0.4) is 0 Å². The van der Waals surface area contributed by atoms with Gasteiger partial charge in [-0.15, -0.1) is 0 Å². The zero-order chi connectivity index (χ0) is 20.4. The molecule has 28 heavy (non-hydrogen) atoms. The molecular weight excluding hydrogens is 403 g/mol. The Kier molecular flexibility index (Phi) is 9.78. The smallest absolute Gasteiger partial charge is 0.164 e. The van der Waals surface area contributed by atoms with Gasteiger partial charge < -0.3 is 14.3 Å². The van der Waals surface area contributed by atoms with E-state index in [1.54, 1.807) is 24.3 Å². The van der Waals surface area contributed by atoms with Gasteiger partial charge in [-0.1, -0.05) is 52.6 Å². The second-order valence-corrected chi connectivity index (χ2v) is 7.28. The highest BCUT2D eigenvalue weighted by Gasteiger charge is 2.27. The topological polar surface area (TPSA) is 40.0 Å². The summed E-state index contributed by atoms with van der Waals surface area (Å²) in [7, 11) is 3.24. The van der Waals surface area contributed by atoms with Gasteiger partial charge in [0.2, 0.25) is 0 Å². The lowest BCUT2D eigenvalue weighted by Gasteiger charge is -2.26. The maximum atomic E-state index is 14.6. The average Bonchev–Trinajstić information content (AvgIpc) is 2.69. The van der Waals surface area contributed by atoms with Gasteiger partial charge in [0.1, 0.15) is 15.0 Å². The van der Waals surface area contributed by atoms with Gasteiger partial charge in [0.05, 0.1) is 25.5 Å². The molecule has 4 nitrogen and oxygen atoms in total. The molecule has 3 atom stereocenters. The Morgan fingerprint density at radius 2 is 1.54 bits per heavy atom. The van der Waals surface area contributed by atoms with E-state index in [-0.39, 0.29) is 12.4 Å². The van der Waals surface area contributed by atoms with E-state index in [9.17, 15) is 4.39 Å². The third kappa shape index (κ3) is 7.80. The molecule has 0 bridgehead atoms. The molecule has 0 heterocycles. The number of halogens is 3. The number of hydrogen-bond acceptors (Lipinski definition) is 4. The lowest BCUT2D eigenvalue weighted by molar-refractivity contribution is -0.0158. The van der Waals surface area contributed by atoms with Crippen molar-refractivity contribution >= 4 is 37.3 Å². The van der Waals surface area contributed by atoms with E-state index in [1.165, 1.54) is 7.11 Å². The van der Waals surface area contributed by atoms with Crippen molar-refractivity contribution in [3.8, 4) is 0 Å². The van der Waals surface area contributed by atoms with E-state index in [0.717, 1.165) is 17.3 Å². The number of oxime groups is 1. The summed E-state index contributed by atoms with van der Waals surface area (Å²) < 4.78 is 26.2. The van der Waals surface area contributed by atoms with Crippen LogP contribution in [0.2, 0.25) is 15.9 Å². The first-order chi connectivity index (χ1) is 13.5. The van der Waals surface area contributed by atoms with E-state index in [0.29, 0.717) is 23.3 Å². The van der Waals surface area contributed by atoms with Gasteiger partial charge in [0.15, 0.2) is 6.17 Å². The number of rotatable bonds is 11. The van der Waals surface area contributed by atoms with E-state index in [1.807, 2.05) is 32.1 Å². The van der Waals surface area contributed by atoms with E-state index < -0.39 is 12.3 Å². The van der Waals surface area contributed by atoms with Crippen molar-refractivity contribution in [1.29, 1.82) is 0 Å². The number of benzene rings is 2. The summed E-state index contributed by atoms with van der Waals surface area (Å²) in [6.07, 6.45) is -1.07. The number of ether oxygens (including phenoxy) is 2. The minimum absolute atomic E-state index is 0.210. The van der Waals surface area contributed by atoms with Gasteiger partial charge >= 0.3 is 0 Å². The van der Waals surface area contributed by atoms with Crippen LogP contribution in [0.5, 0.6) is 0 Å². The van der Waals surface area contributed by atoms with Gasteiger partial charge in [-0.25, -0.2) is 4.39 Å². The summed E-state index contributed by atoms with van der Waals surface area (Å²) in [5.74, 6) is -0.210. The zero-order valence-electron chi connectivity index (χ0n) is 15.9. The standard InChI is InChI=1S/C20H23BCl2FNO3/c1-26-25-10-19(24)20(28-12-15-4-8-17(23)9-5-15)18(21)13-27-11-14-2-6-16(22)7-3-14/h2-10,18-20H,11-13,21H2,1H3/b25-10-/t18-,19+,20+/m0/s1. The van der Waals surface area contributed by atoms with Crippen molar-refractivity contribution in [1.82, 2.24) is 0 Å². The van der Waals surface area contributed by atoms with Crippen LogP contribution in [0.15, 0.2) is 53.7 Å². The van der Waals surface area contributed by atoms with Crippen LogP contribution in [0, 0.1) is 0 Å². The summed E-state index contributed by atoms with van der Waals surface area (Å²) in [4.78, 5) is 4.58. The quantitative estimate of drug-likeness (QED) is 0.302. The first-order valence-electron chi connectivity index (χ1n) is 8.88. The van der Waals surface area contributed by atoms with Crippen molar-refractivity contribution in [2.24, 2.45) is 5.16 Å². The second-order valence-electron chi connectivity index (χ2n) is 6.40. The first kappa shape index (κ1) is 22.7. The summed E-state index contributed by atoms with van der Waals surface area (Å²) in [6.45, 7) is 0.994. The molecule has 0 aromatic heterocycles. The van der Waals surface area contributed by atoms with Gasteiger partial charge in [-0.2, -0.15) is 0 Å². The fourth-order valence-electron chi connectivity index (χ4n) is 2.59. The molecule has 0 amide bonds. The molecule has 0 spiro atoms. The second kappa shape index (κ2) is 12.1. The highest BCUT2D eigenvalue weighted by Crippen LogP contribution is 2.21. The van der Waals surface area contributed by atoms with Gasteiger partial charge in [0, 0.05) is 16.7 Å². The van der Waals surface area contributed by atoms with Crippen LogP contribution in [0.4, 0.5) is 4.39 Å². The summed E-state index contributed by atoms with van der Waals surface area (Å²) in [6, 6.07) is 14.6.